The van der Waals surface area contributed by atoms with Crippen molar-refractivity contribution in [2.24, 2.45) is 5.92 Å². The quantitative estimate of drug-likeness (QED) is 0.572. The van der Waals surface area contributed by atoms with Crippen molar-refractivity contribution in [3.8, 4) is 0 Å². The van der Waals surface area contributed by atoms with E-state index in [1.807, 2.05) is 0 Å². The molecule has 0 bridgehead atoms. The molecule has 0 aliphatic heterocycles. The second-order valence-corrected chi connectivity index (χ2v) is 7.71. The van der Waals surface area contributed by atoms with Crippen LogP contribution in [0.15, 0.2) is 42.6 Å². The normalized spacial score (nSPS) is 14.2. The summed E-state index contributed by atoms with van der Waals surface area (Å²) in [7, 11) is 0. The van der Waals surface area contributed by atoms with E-state index in [4.69, 9.17) is 0 Å². The Morgan fingerprint density at radius 1 is 1.19 bits per heavy atom. The highest BCUT2D eigenvalue weighted by atomic mass is 16.2. The molecule has 1 aromatic heterocycles. The number of aryl methyl sites for hydroxylation is 1. The van der Waals surface area contributed by atoms with Crippen LogP contribution in [0.3, 0.4) is 0 Å². The van der Waals surface area contributed by atoms with Crippen LogP contribution in [-0.4, -0.2) is 21.9 Å². The zero-order valence-electron chi connectivity index (χ0n) is 16.3. The second kappa shape index (κ2) is 9.07. The molecular formula is C23H32N2O. The molecule has 1 fully saturated rings. The Balaban J connectivity index is 1.69. The van der Waals surface area contributed by atoms with Gasteiger partial charge in [0.25, 0.3) is 0 Å². The lowest BCUT2D eigenvalue weighted by molar-refractivity contribution is -0.139. The van der Waals surface area contributed by atoms with Gasteiger partial charge in [-0.1, -0.05) is 56.0 Å². The zero-order valence-corrected chi connectivity index (χ0v) is 16.3. The van der Waals surface area contributed by atoms with Crippen LogP contribution in [0.5, 0.6) is 0 Å². The molecule has 3 nitrogen and oxygen atoms in total. The Labute approximate surface area is 158 Å². The second-order valence-electron chi connectivity index (χ2n) is 7.71. The largest absolute Gasteiger partial charge is 0.345 e. The van der Waals surface area contributed by atoms with E-state index < -0.39 is 0 Å². The summed E-state index contributed by atoms with van der Waals surface area (Å²) in [5.41, 5.74) is 3.83. The number of unbranched alkanes of at least 4 members (excludes halogenated alkanes) is 2. The molecule has 3 heteroatoms. The van der Waals surface area contributed by atoms with Gasteiger partial charge in [0.2, 0.25) is 5.91 Å². The van der Waals surface area contributed by atoms with Crippen LogP contribution in [0, 0.1) is 12.8 Å². The van der Waals surface area contributed by atoms with Crippen molar-refractivity contribution < 1.29 is 4.79 Å². The summed E-state index contributed by atoms with van der Waals surface area (Å²) >= 11 is 0. The summed E-state index contributed by atoms with van der Waals surface area (Å²) in [4.78, 5) is 15.0. The van der Waals surface area contributed by atoms with Gasteiger partial charge in [-0.2, -0.15) is 0 Å². The summed E-state index contributed by atoms with van der Waals surface area (Å²) in [6.07, 6.45) is 8.99. The molecule has 1 aliphatic rings. The third-order valence-corrected chi connectivity index (χ3v) is 5.51. The molecule has 0 saturated heterocycles. The molecule has 0 atom stereocenters. The predicted octanol–water partition coefficient (Wildman–Crippen LogP) is 5.16. The molecule has 2 aromatic rings. The number of aromatic nitrogens is 1. The number of benzene rings is 1. The van der Waals surface area contributed by atoms with Gasteiger partial charge in [0, 0.05) is 30.9 Å². The first kappa shape index (κ1) is 18.8. The number of hydrogen-bond donors (Lipinski definition) is 0. The van der Waals surface area contributed by atoms with Crippen molar-refractivity contribution in [3.63, 3.8) is 0 Å². The number of carbonyl (C=O) groups is 1. The average molecular weight is 353 g/mol. The van der Waals surface area contributed by atoms with Crippen molar-refractivity contribution in [2.75, 3.05) is 6.54 Å². The fourth-order valence-corrected chi connectivity index (χ4v) is 3.68. The van der Waals surface area contributed by atoms with E-state index in [1.165, 1.54) is 36.1 Å². The Hall–Kier alpha value is -2.03. The highest BCUT2D eigenvalue weighted by Crippen LogP contribution is 2.29. The fourth-order valence-electron chi connectivity index (χ4n) is 3.68. The van der Waals surface area contributed by atoms with Crippen LogP contribution in [0.25, 0.3) is 0 Å². The van der Waals surface area contributed by atoms with Crippen molar-refractivity contribution in [3.05, 3.63) is 59.4 Å². The maximum Gasteiger partial charge on any atom is 0.226 e. The topological polar surface area (TPSA) is 25.2 Å². The standard InChI is InChI=1S/C23H32N2O/c1-3-4-5-14-25(23(26)21-11-7-12-21)18-22-13-8-15-24(22)17-20-10-6-9-19(2)16-20/h6,8-10,13,15-16,21H,3-5,7,11-12,14,17-18H2,1-2H3. The third kappa shape index (κ3) is 4.78. The Morgan fingerprint density at radius 2 is 2.04 bits per heavy atom. The molecule has 1 amide bonds. The van der Waals surface area contributed by atoms with Crippen LogP contribution in [0.1, 0.15) is 62.3 Å². The Kier molecular flexibility index (Phi) is 6.54. The smallest absolute Gasteiger partial charge is 0.226 e. The summed E-state index contributed by atoms with van der Waals surface area (Å²) in [5, 5.41) is 0. The maximum atomic E-state index is 12.9. The van der Waals surface area contributed by atoms with E-state index in [1.54, 1.807) is 0 Å². The lowest BCUT2D eigenvalue weighted by Crippen LogP contribution is -2.39. The van der Waals surface area contributed by atoms with Gasteiger partial charge < -0.3 is 9.47 Å². The van der Waals surface area contributed by atoms with Crippen molar-refractivity contribution >= 4 is 5.91 Å². The minimum absolute atomic E-state index is 0.275. The van der Waals surface area contributed by atoms with E-state index in [9.17, 15) is 4.79 Å². The molecular weight excluding hydrogens is 320 g/mol. The number of carbonyl (C=O) groups excluding carboxylic acids is 1. The van der Waals surface area contributed by atoms with Crippen LogP contribution in [-0.2, 0) is 17.9 Å². The molecule has 3 rings (SSSR count). The molecule has 26 heavy (non-hydrogen) atoms. The van der Waals surface area contributed by atoms with Gasteiger partial charge in [0.15, 0.2) is 0 Å². The highest BCUT2D eigenvalue weighted by Gasteiger charge is 2.29. The van der Waals surface area contributed by atoms with E-state index in [2.05, 4.69) is 65.9 Å². The summed E-state index contributed by atoms with van der Waals surface area (Å²) < 4.78 is 2.29. The van der Waals surface area contributed by atoms with Gasteiger partial charge >= 0.3 is 0 Å². The van der Waals surface area contributed by atoms with Crippen molar-refractivity contribution in [1.29, 1.82) is 0 Å². The Morgan fingerprint density at radius 3 is 2.73 bits per heavy atom. The monoisotopic (exact) mass is 352 g/mol. The SMILES string of the molecule is CCCCCN(Cc1cccn1Cc1cccc(C)c1)C(=O)C1CCC1. The first-order valence-electron chi connectivity index (χ1n) is 10.2. The number of nitrogens with zero attached hydrogens (tertiary/aromatic N) is 2. The molecule has 1 saturated carbocycles. The first-order chi connectivity index (χ1) is 12.7. The van der Waals surface area contributed by atoms with Gasteiger partial charge in [-0.15, -0.1) is 0 Å². The third-order valence-electron chi connectivity index (χ3n) is 5.51. The molecule has 0 unspecified atom stereocenters. The lowest BCUT2D eigenvalue weighted by Gasteiger charge is -2.32. The number of amides is 1. The highest BCUT2D eigenvalue weighted by molar-refractivity contribution is 5.79. The molecule has 0 N–H and O–H groups in total. The summed E-state index contributed by atoms with van der Waals surface area (Å²) in [6.45, 7) is 6.83. The van der Waals surface area contributed by atoms with Crippen LogP contribution in [0.4, 0.5) is 0 Å². The summed E-state index contributed by atoms with van der Waals surface area (Å²) in [6, 6.07) is 12.9. The van der Waals surface area contributed by atoms with Crippen LogP contribution < -0.4 is 0 Å². The fraction of sp³-hybridized carbons (Fsp3) is 0.522. The van der Waals surface area contributed by atoms with E-state index in [0.29, 0.717) is 5.91 Å². The molecule has 1 heterocycles. The Bertz CT molecular complexity index is 715. The van der Waals surface area contributed by atoms with Crippen LogP contribution in [0.2, 0.25) is 0 Å². The first-order valence-corrected chi connectivity index (χ1v) is 10.2. The molecule has 1 aliphatic carbocycles. The van der Waals surface area contributed by atoms with Gasteiger partial charge in [-0.25, -0.2) is 0 Å². The van der Waals surface area contributed by atoms with E-state index >= 15 is 0 Å². The molecule has 0 spiro atoms. The van der Waals surface area contributed by atoms with Gasteiger partial charge in [0.1, 0.15) is 0 Å². The van der Waals surface area contributed by atoms with Crippen LogP contribution >= 0.6 is 0 Å². The van der Waals surface area contributed by atoms with Crippen molar-refractivity contribution in [1.82, 2.24) is 9.47 Å². The zero-order chi connectivity index (χ0) is 18.4. The van der Waals surface area contributed by atoms with Gasteiger partial charge in [-0.05, 0) is 43.9 Å². The van der Waals surface area contributed by atoms with Crippen molar-refractivity contribution in [2.45, 2.75) is 65.5 Å². The van der Waals surface area contributed by atoms with E-state index in [-0.39, 0.29) is 5.92 Å². The molecule has 140 valence electrons. The maximum absolute atomic E-state index is 12.9. The number of rotatable bonds is 9. The van der Waals surface area contributed by atoms with Gasteiger partial charge in [-0.3, -0.25) is 4.79 Å². The van der Waals surface area contributed by atoms with Gasteiger partial charge in [0.05, 0.1) is 6.54 Å². The predicted molar refractivity (Wildman–Crippen MR) is 107 cm³/mol. The molecule has 0 radical (unpaired) electrons. The number of hydrogen-bond acceptors (Lipinski definition) is 1. The minimum atomic E-state index is 0.275. The van der Waals surface area contributed by atoms with E-state index in [0.717, 1.165) is 38.9 Å². The lowest BCUT2D eigenvalue weighted by atomic mass is 9.84. The molecule has 1 aromatic carbocycles. The minimum Gasteiger partial charge on any atom is -0.345 e. The average Bonchev–Trinajstić information content (AvgIpc) is 2.99. The summed E-state index contributed by atoms with van der Waals surface area (Å²) in [5.74, 6) is 0.646.